The van der Waals surface area contributed by atoms with Crippen LogP contribution in [0, 0.1) is 6.92 Å². The Bertz CT molecular complexity index is 788. The number of hydrogen-bond donors (Lipinski definition) is 1. The molecule has 1 heterocycles. The fourth-order valence-corrected chi connectivity index (χ4v) is 2.48. The SMILES string of the molecule is CCOC(=O)c1ccccc1NC(=O)c1cc(C)nc(N(CC)CC)n1. The number of para-hydroxylation sites is 1. The van der Waals surface area contributed by atoms with Gasteiger partial charge in [0.2, 0.25) is 5.95 Å². The van der Waals surface area contributed by atoms with E-state index in [4.69, 9.17) is 4.74 Å². The molecule has 1 aromatic carbocycles. The van der Waals surface area contributed by atoms with Gasteiger partial charge in [0.05, 0.1) is 17.9 Å². The van der Waals surface area contributed by atoms with E-state index < -0.39 is 11.9 Å². The molecule has 0 bridgehead atoms. The molecule has 2 aromatic rings. The summed E-state index contributed by atoms with van der Waals surface area (Å²) in [5, 5.41) is 2.75. The van der Waals surface area contributed by atoms with E-state index in [0.717, 1.165) is 13.1 Å². The number of rotatable bonds is 7. The lowest BCUT2D eigenvalue weighted by Gasteiger charge is -2.19. The second-order valence-electron chi connectivity index (χ2n) is 5.59. The average molecular weight is 356 g/mol. The molecule has 0 unspecified atom stereocenters. The van der Waals surface area contributed by atoms with Crippen LogP contribution in [-0.2, 0) is 4.74 Å². The number of aryl methyl sites for hydroxylation is 1. The maximum absolute atomic E-state index is 12.7. The Labute approximate surface area is 153 Å². The summed E-state index contributed by atoms with van der Waals surface area (Å²) in [5.74, 6) is -0.370. The van der Waals surface area contributed by atoms with E-state index in [-0.39, 0.29) is 12.3 Å². The lowest BCUT2D eigenvalue weighted by molar-refractivity contribution is 0.0527. The van der Waals surface area contributed by atoms with Gasteiger partial charge in [-0.3, -0.25) is 4.79 Å². The number of esters is 1. The van der Waals surface area contributed by atoms with Gasteiger partial charge in [-0.25, -0.2) is 14.8 Å². The van der Waals surface area contributed by atoms with Crippen LogP contribution in [0.5, 0.6) is 0 Å². The average Bonchev–Trinajstić information content (AvgIpc) is 2.63. The van der Waals surface area contributed by atoms with Gasteiger partial charge in [0, 0.05) is 18.8 Å². The first-order chi connectivity index (χ1) is 12.5. The molecule has 0 atom stereocenters. The van der Waals surface area contributed by atoms with E-state index in [0.29, 0.717) is 22.9 Å². The van der Waals surface area contributed by atoms with Crippen LogP contribution >= 0.6 is 0 Å². The molecular formula is C19H24N4O3. The predicted octanol–water partition coefficient (Wildman–Crippen LogP) is 3.06. The second-order valence-corrected chi connectivity index (χ2v) is 5.59. The van der Waals surface area contributed by atoms with Gasteiger partial charge in [0.15, 0.2) is 0 Å². The third kappa shape index (κ3) is 4.56. The van der Waals surface area contributed by atoms with Crippen molar-refractivity contribution in [1.29, 1.82) is 0 Å². The number of carbonyl (C=O) groups excluding carboxylic acids is 2. The van der Waals surface area contributed by atoms with Gasteiger partial charge in [-0.1, -0.05) is 12.1 Å². The molecule has 0 saturated carbocycles. The molecule has 138 valence electrons. The molecule has 7 heteroatoms. The standard InChI is InChI=1S/C19H24N4O3/c1-5-23(6-2)19-20-13(4)12-16(22-19)17(24)21-15-11-9-8-10-14(15)18(25)26-7-3/h8-12H,5-7H2,1-4H3,(H,21,24). The van der Waals surface area contributed by atoms with Crippen LogP contribution < -0.4 is 10.2 Å². The van der Waals surface area contributed by atoms with Gasteiger partial charge < -0.3 is 15.0 Å². The Morgan fingerprint density at radius 2 is 1.81 bits per heavy atom. The number of nitrogens with one attached hydrogen (secondary N) is 1. The fourth-order valence-electron chi connectivity index (χ4n) is 2.48. The van der Waals surface area contributed by atoms with Crippen LogP contribution in [0.3, 0.4) is 0 Å². The van der Waals surface area contributed by atoms with E-state index in [1.807, 2.05) is 25.7 Å². The highest BCUT2D eigenvalue weighted by atomic mass is 16.5. The largest absolute Gasteiger partial charge is 0.462 e. The minimum atomic E-state index is -0.480. The van der Waals surface area contributed by atoms with E-state index in [1.54, 1.807) is 37.3 Å². The van der Waals surface area contributed by atoms with Crippen molar-refractivity contribution in [2.24, 2.45) is 0 Å². The normalized spacial score (nSPS) is 10.3. The number of benzene rings is 1. The summed E-state index contributed by atoms with van der Waals surface area (Å²) in [6.07, 6.45) is 0. The number of amides is 1. The predicted molar refractivity (Wildman–Crippen MR) is 101 cm³/mol. The number of ether oxygens (including phenoxy) is 1. The van der Waals surface area contributed by atoms with E-state index in [2.05, 4.69) is 15.3 Å². The molecule has 0 spiro atoms. The number of hydrogen-bond acceptors (Lipinski definition) is 6. The first-order valence-corrected chi connectivity index (χ1v) is 8.68. The summed E-state index contributed by atoms with van der Waals surface area (Å²) in [6.45, 7) is 9.31. The Hall–Kier alpha value is -2.96. The molecule has 7 nitrogen and oxygen atoms in total. The van der Waals surface area contributed by atoms with E-state index in [1.165, 1.54) is 0 Å². The molecule has 0 saturated heterocycles. The maximum atomic E-state index is 12.7. The summed E-state index contributed by atoms with van der Waals surface area (Å²) in [5.41, 5.74) is 1.64. The third-order valence-electron chi connectivity index (χ3n) is 3.79. The Kier molecular flexibility index (Phi) is 6.66. The van der Waals surface area contributed by atoms with Crippen molar-refractivity contribution in [3.05, 3.63) is 47.3 Å². The highest BCUT2D eigenvalue weighted by Gasteiger charge is 2.17. The van der Waals surface area contributed by atoms with Crippen molar-refractivity contribution < 1.29 is 14.3 Å². The Balaban J connectivity index is 2.30. The number of carbonyl (C=O) groups is 2. The number of aromatic nitrogens is 2. The molecule has 0 aliphatic rings. The Morgan fingerprint density at radius 1 is 1.12 bits per heavy atom. The molecule has 2 rings (SSSR count). The zero-order valence-electron chi connectivity index (χ0n) is 15.6. The molecule has 1 N–H and O–H groups in total. The van der Waals surface area contributed by atoms with Gasteiger partial charge in [-0.15, -0.1) is 0 Å². The van der Waals surface area contributed by atoms with Crippen LogP contribution in [-0.4, -0.2) is 41.5 Å². The summed E-state index contributed by atoms with van der Waals surface area (Å²) in [4.78, 5) is 35.5. The van der Waals surface area contributed by atoms with Crippen molar-refractivity contribution in [2.75, 3.05) is 29.9 Å². The summed E-state index contributed by atoms with van der Waals surface area (Å²) in [6, 6.07) is 8.35. The highest BCUT2D eigenvalue weighted by Crippen LogP contribution is 2.18. The van der Waals surface area contributed by atoms with Crippen molar-refractivity contribution >= 4 is 23.5 Å². The maximum Gasteiger partial charge on any atom is 0.340 e. The molecule has 0 aliphatic heterocycles. The molecule has 1 aromatic heterocycles. The smallest absolute Gasteiger partial charge is 0.340 e. The van der Waals surface area contributed by atoms with Crippen molar-refractivity contribution in [2.45, 2.75) is 27.7 Å². The van der Waals surface area contributed by atoms with E-state index >= 15 is 0 Å². The number of anilines is 2. The van der Waals surface area contributed by atoms with Crippen LogP contribution in [0.4, 0.5) is 11.6 Å². The molecular weight excluding hydrogens is 332 g/mol. The first-order valence-electron chi connectivity index (χ1n) is 8.68. The lowest BCUT2D eigenvalue weighted by Crippen LogP contribution is -2.26. The van der Waals surface area contributed by atoms with Crippen molar-refractivity contribution in [1.82, 2.24) is 9.97 Å². The fraction of sp³-hybridized carbons (Fsp3) is 0.368. The minimum absolute atomic E-state index is 0.248. The quantitative estimate of drug-likeness (QED) is 0.768. The van der Waals surface area contributed by atoms with Crippen molar-refractivity contribution in [3.8, 4) is 0 Å². The molecule has 1 amide bonds. The monoisotopic (exact) mass is 356 g/mol. The zero-order valence-corrected chi connectivity index (χ0v) is 15.6. The van der Waals surface area contributed by atoms with Gasteiger partial charge in [0.25, 0.3) is 5.91 Å². The highest BCUT2D eigenvalue weighted by molar-refractivity contribution is 6.07. The summed E-state index contributed by atoms with van der Waals surface area (Å²) < 4.78 is 5.03. The first kappa shape index (κ1) is 19.4. The van der Waals surface area contributed by atoms with Crippen molar-refractivity contribution in [3.63, 3.8) is 0 Å². The van der Waals surface area contributed by atoms with Gasteiger partial charge in [-0.05, 0) is 45.9 Å². The molecule has 0 radical (unpaired) electrons. The van der Waals surface area contributed by atoms with Crippen LogP contribution in [0.25, 0.3) is 0 Å². The Morgan fingerprint density at radius 3 is 2.46 bits per heavy atom. The summed E-state index contributed by atoms with van der Waals surface area (Å²) >= 11 is 0. The minimum Gasteiger partial charge on any atom is -0.462 e. The molecule has 26 heavy (non-hydrogen) atoms. The topological polar surface area (TPSA) is 84.4 Å². The van der Waals surface area contributed by atoms with Gasteiger partial charge >= 0.3 is 5.97 Å². The second kappa shape index (κ2) is 8.94. The zero-order chi connectivity index (χ0) is 19.1. The molecule has 0 fully saturated rings. The van der Waals surface area contributed by atoms with Gasteiger partial charge in [-0.2, -0.15) is 0 Å². The van der Waals surface area contributed by atoms with Gasteiger partial charge in [0.1, 0.15) is 5.69 Å². The van der Waals surface area contributed by atoms with Crippen LogP contribution in [0.2, 0.25) is 0 Å². The van der Waals surface area contributed by atoms with E-state index in [9.17, 15) is 9.59 Å². The lowest BCUT2D eigenvalue weighted by atomic mass is 10.1. The third-order valence-corrected chi connectivity index (χ3v) is 3.79. The summed E-state index contributed by atoms with van der Waals surface area (Å²) in [7, 11) is 0. The number of nitrogens with zero attached hydrogens (tertiary/aromatic N) is 3. The molecule has 0 aliphatic carbocycles. The van der Waals surface area contributed by atoms with Crippen LogP contribution in [0.15, 0.2) is 30.3 Å². The van der Waals surface area contributed by atoms with Crippen LogP contribution in [0.1, 0.15) is 47.3 Å².